The number of benzene rings is 1. The van der Waals surface area contributed by atoms with Crippen LogP contribution in [0.3, 0.4) is 0 Å². The lowest BCUT2D eigenvalue weighted by molar-refractivity contribution is 0.102. The van der Waals surface area contributed by atoms with Crippen molar-refractivity contribution in [3.05, 3.63) is 46.2 Å². The van der Waals surface area contributed by atoms with Crippen LogP contribution in [0.15, 0.2) is 28.7 Å². The average Bonchev–Trinajstić information content (AvgIpc) is 2.89. The van der Waals surface area contributed by atoms with Gasteiger partial charge in [-0.2, -0.15) is 0 Å². The third-order valence-electron chi connectivity index (χ3n) is 2.67. The van der Waals surface area contributed by atoms with Crippen LogP contribution in [-0.2, 0) is 0 Å². The molecule has 2 aromatic rings. The Hall–Kier alpha value is -2.28. The Morgan fingerprint density at radius 2 is 2.25 bits per heavy atom. The van der Waals surface area contributed by atoms with Gasteiger partial charge in [0.1, 0.15) is 17.2 Å². The molecular weight excluding hydrogens is 281 g/mol. The molecule has 0 aliphatic heterocycles. The monoisotopic (exact) mass is 293 g/mol. The molecule has 1 aromatic heterocycles. The fourth-order valence-corrected chi connectivity index (χ4v) is 2.25. The summed E-state index contributed by atoms with van der Waals surface area (Å²) in [7, 11) is 0. The van der Waals surface area contributed by atoms with E-state index < -0.39 is 0 Å². The maximum Gasteiger partial charge on any atom is 0.257 e. The fourth-order valence-electron chi connectivity index (χ4n) is 1.50. The van der Waals surface area contributed by atoms with Crippen molar-refractivity contribution in [1.29, 1.82) is 0 Å². The van der Waals surface area contributed by atoms with Crippen molar-refractivity contribution < 1.29 is 14.4 Å². The van der Waals surface area contributed by atoms with Crippen molar-refractivity contribution in [2.75, 3.05) is 5.32 Å². The molecule has 7 heteroatoms. The lowest BCUT2D eigenvalue weighted by atomic mass is 10.1. The van der Waals surface area contributed by atoms with Crippen LogP contribution >= 0.6 is 11.3 Å². The van der Waals surface area contributed by atoms with Crippen LogP contribution in [0.1, 0.15) is 28.5 Å². The number of hydrogen-bond acceptors (Lipinski definition) is 5. The molecule has 0 bridgehead atoms. The van der Waals surface area contributed by atoms with Gasteiger partial charge in [-0.05, 0) is 37.6 Å². The van der Waals surface area contributed by atoms with Crippen LogP contribution in [-0.4, -0.2) is 21.8 Å². The van der Waals surface area contributed by atoms with Gasteiger partial charge in [-0.25, -0.2) is 9.37 Å². The highest BCUT2D eigenvalue weighted by Gasteiger charge is 2.11. The number of carbonyl (C=O) groups excluding carboxylic acids is 1. The van der Waals surface area contributed by atoms with Crippen LogP contribution in [0.4, 0.5) is 9.52 Å². The molecule has 0 saturated heterocycles. The van der Waals surface area contributed by atoms with Crippen molar-refractivity contribution >= 4 is 28.1 Å². The van der Waals surface area contributed by atoms with Gasteiger partial charge in [0, 0.05) is 10.9 Å². The second-order valence-corrected chi connectivity index (χ2v) is 5.00. The molecular formula is C13H12FN3O2S. The van der Waals surface area contributed by atoms with Gasteiger partial charge < -0.3 is 5.21 Å². The maximum absolute atomic E-state index is 13.1. The van der Waals surface area contributed by atoms with E-state index in [0.717, 1.165) is 0 Å². The summed E-state index contributed by atoms with van der Waals surface area (Å²) in [4.78, 5) is 16.1. The van der Waals surface area contributed by atoms with Gasteiger partial charge in [0.25, 0.3) is 5.91 Å². The lowest BCUT2D eigenvalue weighted by Gasteiger charge is -2.03. The summed E-state index contributed by atoms with van der Waals surface area (Å²) >= 11 is 1.21. The molecule has 0 spiro atoms. The zero-order valence-corrected chi connectivity index (χ0v) is 11.7. The first-order valence-corrected chi connectivity index (χ1v) is 6.61. The number of anilines is 1. The third kappa shape index (κ3) is 3.00. The largest absolute Gasteiger partial charge is 0.411 e. The van der Waals surface area contributed by atoms with E-state index in [2.05, 4.69) is 15.5 Å². The zero-order valence-electron chi connectivity index (χ0n) is 10.8. The zero-order chi connectivity index (χ0) is 14.7. The van der Waals surface area contributed by atoms with E-state index in [4.69, 9.17) is 5.21 Å². The molecule has 0 radical (unpaired) electrons. The molecule has 104 valence electrons. The Balaban J connectivity index is 2.15. The smallest absolute Gasteiger partial charge is 0.257 e. The fraction of sp³-hybridized carbons (Fsp3) is 0.154. The molecule has 0 fully saturated rings. The van der Waals surface area contributed by atoms with Crippen LogP contribution in [0.5, 0.6) is 0 Å². The van der Waals surface area contributed by atoms with Crippen molar-refractivity contribution in [1.82, 2.24) is 4.98 Å². The number of amides is 1. The first-order chi connectivity index (χ1) is 9.51. The SMILES string of the molecule is CC(=NO)c1csc(NC(=O)c2ccc(F)c(C)c2)n1. The summed E-state index contributed by atoms with van der Waals surface area (Å²) in [5.74, 6) is -0.722. The summed E-state index contributed by atoms with van der Waals surface area (Å²) in [6, 6.07) is 4.13. The number of aromatic nitrogens is 1. The number of halogens is 1. The van der Waals surface area contributed by atoms with E-state index in [-0.39, 0.29) is 11.7 Å². The maximum atomic E-state index is 13.1. The number of carbonyl (C=O) groups is 1. The Labute approximate surface area is 118 Å². The van der Waals surface area contributed by atoms with Gasteiger partial charge >= 0.3 is 0 Å². The highest BCUT2D eigenvalue weighted by molar-refractivity contribution is 7.14. The Morgan fingerprint density at radius 3 is 2.90 bits per heavy atom. The average molecular weight is 293 g/mol. The normalized spacial score (nSPS) is 11.4. The minimum Gasteiger partial charge on any atom is -0.411 e. The lowest BCUT2D eigenvalue weighted by Crippen LogP contribution is -2.12. The predicted octanol–water partition coefficient (Wildman–Crippen LogP) is 3.04. The molecule has 0 unspecified atom stereocenters. The van der Waals surface area contributed by atoms with Crippen molar-refractivity contribution in [2.45, 2.75) is 13.8 Å². The minimum absolute atomic E-state index is 0.354. The van der Waals surface area contributed by atoms with Gasteiger partial charge in [0.05, 0.1) is 0 Å². The molecule has 0 aliphatic carbocycles. The van der Waals surface area contributed by atoms with Gasteiger partial charge in [0.2, 0.25) is 0 Å². The van der Waals surface area contributed by atoms with Crippen LogP contribution in [0.2, 0.25) is 0 Å². The van der Waals surface area contributed by atoms with E-state index in [0.29, 0.717) is 27.7 Å². The van der Waals surface area contributed by atoms with E-state index in [1.54, 1.807) is 19.2 Å². The topological polar surface area (TPSA) is 74.6 Å². The van der Waals surface area contributed by atoms with Gasteiger partial charge in [-0.1, -0.05) is 5.16 Å². The standard InChI is InChI=1S/C13H12FN3O2S/c1-7-5-9(3-4-10(7)14)12(18)16-13-15-11(6-20-13)8(2)17-19/h3-6,19H,1-2H3,(H,15,16,18). The number of thiazole rings is 1. The number of nitrogens with zero attached hydrogens (tertiary/aromatic N) is 2. The van der Waals surface area contributed by atoms with Crippen molar-refractivity contribution in [3.63, 3.8) is 0 Å². The molecule has 0 aliphatic rings. The first kappa shape index (κ1) is 14.1. The number of aryl methyl sites for hydroxylation is 1. The molecule has 1 amide bonds. The molecule has 1 aromatic carbocycles. The van der Waals surface area contributed by atoms with Crippen LogP contribution in [0, 0.1) is 12.7 Å². The summed E-state index contributed by atoms with van der Waals surface area (Å²) < 4.78 is 13.1. The quantitative estimate of drug-likeness (QED) is 0.519. The van der Waals surface area contributed by atoms with Gasteiger partial charge in [-0.3, -0.25) is 10.1 Å². The first-order valence-electron chi connectivity index (χ1n) is 5.73. The summed E-state index contributed by atoms with van der Waals surface area (Å²) in [6.45, 7) is 3.19. The third-order valence-corrected chi connectivity index (χ3v) is 3.42. The summed E-state index contributed by atoms with van der Waals surface area (Å²) in [6.07, 6.45) is 0. The predicted molar refractivity (Wildman–Crippen MR) is 75.2 cm³/mol. The van der Waals surface area contributed by atoms with Crippen molar-refractivity contribution in [3.8, 4) is 0 Å². The molecule has 1 heterocycles. The van der Waals surface area contributed by atoms with E-state index in [9.17, 15) is 9.18 Å². The number of rotatable bonds is 3. The molecule has 20 heavy (non-hydrogen) atoms. The van der Waals surface area contributed by atoms with Gasteiger partial charge in [0.15, 0.2) is 5.13 Å². The number of oxime groups is 1. The highest BCUT2D eigenvalue weighted by atomic mass is 32.1. The Bertz CT molecular complexity index is 682. The number of nitrogens with one attached hydrogen (secondary N) is 1. The summed E-state index contributed by atoms with van der Waals surface area (Å²) in [5.41, 5.74) is 1.61. The second kappa shape index (κ2) is 5.79. The van der Waals surface area contributed by atoms with Crippen molar-refractivity contribution in [2.24, 2.45) is 5.16 Å². The Kier molecular flexibility index (Phi) is 4.09. The molecule has 2 N–H and O–H groups in total. The van der Waals surface area contributed by atoms with Gasteiger partial charge in [-0.15, -0.1) is 11.3 Å². The van der Waals surface area contributed by atoms with Crippen LogP contribution in [0.25, 0.3) is 0 Å². The van der Waals surface area contributed by atoms with Crippen LogP contribution < -0.4 is 5.32 Å². The molecule has 0 saturated carbocycles. The van der Waals surface area contributed by atoms with E-state index in [1.807, 2.05) is 0 Å². The minimum atomic E-state index is -0.368. The van der Waals surface area contributed by atoms with E-state index in [1.165, 1.54) is 29.5 Å². The van der Waals surface area contributed by atoms with E-state index >= 15 is 0 Å². The molecule has 2 rings (SSSR count). The number of hydrogen-bond donors (Lipinski definition) is 2. The molecule has 5 nitrogen and oxygen atoms in total. The molecule has 0 atom stereocenters. The summed E-state index contributed by atoms with van der Waals surface area (Å²) in [5, 5.41) is 16.3. The second-order valence-electron chi connectivity index (χ2n) is 4.14. The Morgan fingerprint density at radius 1 is 1.50 bits per heavy atom. The highest BCUT2D eigenvalue weighted by Crippen LogP contribution is 2.18.